The van der Waals surface area contributed by atoms with Crippen LogP contribution in [-0.2, 0) is 22.5 Å². The van der Waals surface area contributed by atoms with E-state index in [0.717, 1.165) is 22.1 Å². The minimum absolute atomic E-state index is 0.0563. The Balaban J connectivity index is 1.75. The Labute approximate surface area is 161 Å². The van der Waals surface area contributed by atoms with Crippen LogP contribution in [-0.4, -0.2) is 40.7 Å². The molecule has 1 aromatic heterocycles. The number of hydrogen-bond donors (Lipinski definition) is 1. The Morgan fingerprint density at radius 2 is 2.15 bits per heavy atom. The van der Waals surface area contributed by atoms with Gasteiger partial charge in [0.15, 0.2) is 10.9 Å². The Bertz CT molecular complexity index is 895. The quantitative estimate of drug-likeness (QED) is 0.580. The van der Waals surface area contributed by atoms with Crippen molar-refractivity contribution in [2.75, 3.05) is 24.8 Å². The zero-order valence-electron chi connectivity index (χ0n) is 15.6. The van der Waals surface area contributed by atoms with Crippen molar-refractivity contribution in [3.8, 4) is 0 Å². The first-order valence-electron chi connectivity index (χ1n) is 8.71. The van der Waals surface area contributed by atoms with Crippen LogP contribution in [0.1, 0.15) is 33.7 Å². The Kier molecular flexibility index (Phi) is 5.96. The zero-order valence-corrected chi connectivity index (χ0v) is 16.4. The van der Waals surface area contributed by atoms with Crippen molar-refractivity contribution >= 4 is 29.1 Å². The van der Waals surface area contributed by atoms with Gasteiger partial charge in [0.25, 0.3) is 0 Å². The maximum Gasteiger partial charge on any atom is 0.224 e. The number of aryl methyl sites for hydroxylation is 2. The molecule has 8 heteroatoms. The fraction of sp³-hybridized carbons (Fsp3) is 0.421. The summed E-state index contributed by atoms with van der Waals surface area (Å²) in [5.74, 6) is -0.958. The van der Waals surface area contributed by atoms with Gasteiger partial charge in [-0.05, 0) is 38.0 Å². The van der Waals surface area contributed by atoms with Crippen molar-refractivity contribution in [3.63, 3.8) is 0 Å². The van der Waals surface area contributed by atoms with Crippen molar-refractivity contribution in [3.05, 3.63) is 40.5 Å². The third kappa shape index (κ3) is 4.22. The lowest BCUT2D eigenvalue weighted by Gasteiger charge is -2.18. The summed E-state index contributed by atoms with van der Waals surface area (Å²) in [6.45, 7) is 5.08. The van der Waals surface area contributed by atoms with Crippen molar-refractivity contribution < 1.29 is 18.7 Å². The van der Waals surface area contributed by atoms with Crippen LogP contribution in [0.4, 0.5) is 10.1 Å². The number of thioether (sulfide) groups is 1. The molecule has 2 heterocycles. The van der Waals surface area contributed by atoms with Crippen LogP contribution in [0.3, 0.4) is 0 Å². The summed E-state index contributed by atoms with van der Waals surface area (Å²) in [6, 6.07) is 2.79. The third-order valence-electron chi connectivity index (χ3n) is 4.66. The number of aromatic nitrogens is 2. The lowest BCUT2D eigenvalue weighted by molar-refractivity contribution is -0.116. The van der Waals surface area contributed by atoms with E-state index in [0.29, 0.717) is 31.7 Å². The lowest BCUT2D eigenvalue weighted by Crippen LogP contribution is -2.20. The van der Waals surface area contributed by atoms with Gasteiger partial charge in [-0.2, -0.15) is 0 Å². The molecule has 1 aliphatic rings. The maximum atomic E-state index is 14.4. The van der Waals surface area contributed by atoms with Crippen molar-refractivity contribution in [1.29, 1.82) is 0 Å². The number of amides is 1. The van der Waals surface area contributed by atoms with Gasteiger partial charge >= 0.3 is 0 Å². The predicted molar refractivity (Wildman–Crippen MR) is 102 cm³/mol. The number of benzene rings is 1. The minimum atomic E-state index is -0.614. The number of halogens is 1. The van der Waals surface area contributed by atoms with Gasteiger partial charge in [0.05, 0.1) is 23.6 Å². The van der Waals surface area contributed by atoms with Crippen LogP contribution in [0.15, 0.2) is 17.3 Å². The number of anilines is 1. The van der Waals surface area contributed by atoms with E-state index in [1.165, 1.54) is 17.8 Å². The molecule has 0 saturated heterocycles. The topological polar surface area (TPSA) is 73.2 Å². The van der Waals surface area contributed by atoms with Crippen molar-refractivity contribution in [2.24, 2.45) is 0 Å². The monoisotopic (exact) mass is 391 g/mol. The van der Waals surface area contributed by atoms with Crippen LogP contribution in [0, 0.1) is 19.7 Å². The lowest BCUT2D eigenvalue weighted by atomic mass is 9.98. The SMILES string of the molecule is COCCn1c(SCC(=O)c2cc3c(cc2F)NC(=O)CC3)nc(C)c1C. The molecule has 1 aromatic carbocycles. The second kappa shape index (κ2) is 8.22. The van der Waals surface area contributed by atoms with Crippen LogP contribution in [0.2, 0.25) is 0 Å². The number of rotatable bonds is 7. The Morgan fingerprint density at radius 1 is 1.37 bits per heavy atom. The standard InChI is InChI=1S/C19H22FN3O3S/c1-11-12(2)23(6-7-26-3)19(21-11)27-10-17(24)14-8-13-4-5-18(25)22-16(13)9-15(14)20/h8-9H,4-7,10H2,1-3H3,(H,22,25). The number of ether oxygens (including phenoxy) is 1. The molecule has 2 aromatic rings. The number of imidazole rings is 1. The van der Waals surface area contributed by atoms with Gasteiger partial charge in [-0.15, -0.1) is 0 Å². The number of carbonyl (C=O) groups is 2. The Hall–Kier alpha value is -2.19. The first kappa shape index (κ1) is 19.6. The van der Waals surface area contributed by atoms with Gasteiger partial charge in [-0.25, -0.2) is 9.37 Å². The van der Waals surface area contributed by atoms with Crippen LogP contribution in [0.5, 0.6) is 0 Å². The van der Waals surface area contributed by atoms with Crippen LogP contribution >= 0.6 is 11.8 Å². The van der Waals surface area contributed by atoms with E-state index in [1.54, 1.807) is 13.2 Å². The molecule has 3 rings (SSSR count). The highest BCUT2D eigenvalue weighted by Crippen LogP contribution is 2.28. The molecule has 1 N–H and O–H groups in total. The van der Waals surface area contributed by atoms with Crippen LogP contribution in [0.25, 0.3) is 0 Å². The summed E-state index contributed by atoms with van der Waals surface area (Å²) in [5, 5.41) is 3.36. The largest absolute Gasteiger partial charge is 0.383 e. The second-order valence-electron chi connectivity index (χ2n) is 6.46. The molecular weight excluding hydrogens is 369 g/mol. The first-order valence-corrected chi connectivity index (χ1v) is 9.70. The van der Waals surface area contributed by atoms with Gasteiger partial charge in [-0.1, -0.05) is 11.8 Å². The molecule has 1 aliphatic heterocycles. The maximum absolute atomic E-state index is 14.4. The van der Waals surface area contributed by atoms with Gasteiger partial charge in [0.1, 0.15) is 5.82 Å². The molecule has 0 bridgehead atoms. The fourth-order valence-corrected chi connectivity index (χ4v) is 4.00. The number of carbonyl (C=O) groups excluding carboxylic acids is 2. The molecule has 0 spiro atoms. The molecule has 0 radical (unpaired) electrons. The van der Waals surface area contributed by atoms with E-state index in [1.807, 2.05) is 18.4 Å². The molecule has 0 fully saturated rings. The highest BCUT2D eigenvalue weighted by atomic mass is 32.2. The summed E-state index contributed by atoms with van der Waals surface area (Å²) in [6.07, 6.45) is 0.852. The smallest absolute Gasteiger partial charge is 0.224 e. The number of methoxy groups -OCH3 is 1. The van der Waals surface area contributed by atoms with Gasteiger partial charge in [-0.3, -0.25) is 9.59 Å². The minimum Gasteiger partial charge on any atom is -0.383 e. The highest BCUT2D eigenvalue weighted by molar-refractivity contribution is 7.99. The zero-order chi connectivity index (χ0) is 19.6. The molecule has 144 valence electrons. The number of fused-ring (bicyclic) bond motifs is 1. The summed E-state index contributed by atoms with van der Waals surface area (Å²) < 4.78 is 21.5. The second-order valence-corrected chi connectivity index (χ2v) is 7.40. The summed E-state index contributed by atoms with van der Waals surface area (Å²) >= 11 is 1.29. The van der Waals surface area contributed by atoms with E-state index in [4.69, 9.17) is 4.74 Å². The van der Waals surface area contributed by atoms with E-state index >= 15 is 0 Å². The van der Waals surface area contributed by atoms with Crippen molar-refractivity contribution in [2.45, 2.75) is 38.4 Å². The highest BCUT2D eigenvalue weighted by Gasteiger charge is 2.21. The van der Waals surface area contributed by atoms with E-state index < -0.39 is 5.82 Å². The molecule has 0 saturated carbocycles. The molecule has 0 atom stereocenters. The Morgan fingerprint density at radius 3 is 2.89 bits per heavy atom. The number of nitrogens with one attached hydrogen (secondary N) is 1. The average molecular weight is 391 g/mol. The first-order chi connectivity index (χ1) is 12.9. The molecule has 0 unspecified atom stereocenters. The molecular formula is C19H22FN3O3S. The molecule has 1 amide bonds. The predicted octanol–water partition coefficient (Wildman–Crippen LogP) is 3.15. The number of Topliss-reactive ketones (excluding diaryl/α,β-unsaturated/α-hetero) is 1. The number of hydrogen-bond acceptors (Lipinski definition) is 5. The summed E-state index contributed by atoms with van der Waals surface area (Å²) in [5.41, 5.74) is 3.22. The third-order valence-corrected chi connectivity index (χ3v) is 5.64. The van der Waals surface area contributed by atoms with E-state index in [-0.39, 0.29) is 23.0 Å². The van der Waals surface area contributed by atoms with Crippen molar-refractivity contribution in [1.82, 2.24) is 9.55 Å². The van der Waals surface area contributed by atoms with Gasteiger partial charge in [0.2, 0.25) is 5.91 Å². The summed E-state index contributed by atoms with van der Waals surface area (Å²) in [4.78, 5) is 28.5. The average Bonchev–Trinajstić information content (AvgIpc) is 2.91. The molecule has 27 heavy (non-hydrogen) atoms. The molecule has 6 nitrogen and oxygen atoms in total. The van der Waals surface area contributed by atoms with Gasteiger partial charge < -0.3 is 14.6 Å². The fourth-order valence-electron chi connectivity index (χ4n) is 3.00. The number of ketones is 1. The normalized spacial score (nSPS) is 13.4. The van der Waals surface area contributed by atoms with E-state index in [9.17, 15) is 14.0 Å². The molecule has 0 aliphatic carbocycles. The van der Waals surface area contributed by atoms with Gasteiger partial charge in [0, 0.05) is 31.5 Å². The summed E-state index contributed by atoms with van der Waals surface area (Å²) in [7, 11) is 1.64. The van der Waals surface area contributed by atoms with Crippen LogP contribution < -0.4 is 5.32 Å². The number of nitrogens with zero attached hydrogens (tertiary/aromatic N) is 2. The van der Waals surface area contributed by atoms with E-state index in [2.05, 4.69) is 10.3 Å².